The Bertz CT molecular complexity index is 945. The number of hydrogen-bond acceptors (Lipinski definition) is 7. The fourth-order valence-corrected chi connectivity index (χ4v) is 2.22. The second-order valence-corrected chi connectivity index (χ2v) is 4.70. The van der Waals surface area contributed by atoms with E-state index in [0.717, 1.165) is 0 Å². The Kier molecular flexibility index (Phi) is 2.67. The van der Waals surface area contributed by atoms with Crippen LogP contribution in [0.2, 0.25) is 0 Å². The molecule has 0 saturated heterocycles. The number of carbonyl (C=O) groups is 3. The third-order valence-corrected chi connectivity index (χ3v) is 3.32. The van der Waals surface area contributed by atoms with E-state index >= 15 is 0 Å². The molecule has 0 atom stereocenters. The minimum Gasteiger partial charge on any atom is -0.322 e. The molecule has 4 rings (SSSR count). The van der Waals surface area contributed by atoms with Crippen LogP contribution in [0.25, 0.3) is 5.65 Å². The second-order valence-electron chi connectivity index (χ2n) is 4.70. The number of carbonyl (C=O) groups excluding carboxylic acids is 3. The Morgan fingerprint density at radius 3 is 2.48 bits per heavy atom. The molecule has 3 aromatic rings. The van der Waals surface area contributed by atoms with Gasteiger partial charge < -0.3 is 4.84 Å². The van der Waals surface area contributed by atoms with Crippen LogP contribution in [0.4, 0.5) is 0 Å². The van der Waals surface area contributed by atoms with Gasteiger partial charge in [0.2, 0.25) is 0 Å². The molecule has 0 spiro atoms. The van der Waals surface area contributed by atoms with Gasteiger partial charge in [0.1, 0.15) is 6.33 Å². The summed E-state index contributed by atoms with van der Waals surface area (Å²) in [6.07, 6.45) is 4.05. The molecule has 1 aromatic carbocycles. The van der Waals surface area contributed by atoms with Crippen molar-refractivity contribution in [3.63, 3.8) is 0 Å². The summed E-state index contributed by atoms with van der Waals surface area (Å²) in [5, 5.41) is 7.85. The van der Waals surface area contributed by atoms with Crippen molar-refractivity contribution in [1.29, 1.82) is 0 Å². The average Bonchev–Trinajstić information content (AvgIpc) is 3.13. The summed E-state index contributed by atoms with van der Waals surface area (Å²) in [6.45, 7) is 0. The molecule has 0 unspecified atom stereocenters. The van der Waals surface area contributed by atoms with E-state index < -0.39 is 17.8 Å². The number of benzene rings is 1. The van der Waals surface area contributed by atoms with Crippen molar-refractivity contribution in [3.05, 3.63) is 59.8 Å². The van der Waals surface area contributed by atoms with E-state index in [0.29, 0.717) is 10.7 Å². The first-order valence-electron chi connectivity index (χ1n) is 6.50. The maximum absolute atomic E-state index is 12.1. The van der Waals surface area contributed by atoms with E-state index in [-0.39, 0.29) is 16.8 Å². The van der Waals surface area contributed by atoms with E-state index in [1.165, 1.54) is 35.3 Å². The highest BCUT2D eigenvalue weighted by Crippen LogP contribution is 2.23. The summed E-state index contributed by atoms with van der Waals surface area (Å²) in [4.78, 5) is 45.2. The summed E-state index contributed by atoms with van der Waals surface area (Å²) in [6, 6.07) is 6.23. The molecule has 2 aromatic heterocycles. The number of nitrogens with zero attached hydrogens (tertiary/aromatic N) is 5. The van der Waals surface area contributed by atoms with Crippen LogP contribution in [0.1, 0.15) is 31.2 Å². The van der Waals surface area contributed by atoms with Gasteiger partial charge in [0.25, 0.3) is 11.8 Å². The first-order valence-corrected chi connectivity index (χ1v) is 6.50. The van der Waals surface area contributed by atoms with Gasteiger partial charge in [0, 0.05) is 6.20 Å². The molecule has 3 heterocycles. The standard InChI is InChI=1S/C14H7N5O4/c20-12-8-3-1-2-4-9(8)13(21)19(12)23-14(22)10-6-18-7-16-17-11(18)5-15-10/h1-7H. The van der Waals surface area contributed by atoms with Gasteiger partial charge in [-0.25, -0.2) is 9.78 Å². The first-order chi connectivity index (χ1) is 11.1. The summed E-state index contributed by atoms with van der Waals surface area (Å²) < 4.78 is 1.46. The highest BCUT2D eigenvalue weighted by atomic mass is 16.7. The van der Waals surface area contributed by atoms with Gasteiger partial charge in [-0.15, -0.1) is 10.2 Å². The van der Waals surface area contributed by atoms with E-state index in [1.54, 1.807) is 12.1 Å². The van der Waals surface area contributed by atoms with E-state index in [9.17, 15) is 14.4 Å². The monoisotopic (exact) mass is 309 g/mol. The zero-order valence-corrected chi connectivity index (χ0v) is 11.4. The van der Waals surface area contributed by atoms with Crippen LogP contribution in [0.5, 0.6) is 0 Å². The van der Waals surface area contributed by atoms with Crippen molar-refractivity contribution in [2.75, 3.05) is 0 Å². The van der Waals surface area contributed by atoms with Crippen LogP contribution in [0.3, 0.4) is 0 Å². The van der Waals surface area contributed by atoms with Gasteiger partial charge in [-0.1, -0.05) is 17.2 Å². The van der Waals surface area contributed by atoms with Crippen LogP contribution in [-0.2, 0) is 4.84 Å². The lowest BCUT2D eigenvalue weighted by Gasteiger charge is -2.12. The number of hydroxylamine groups is 2. The predicted molar refractivity (Wildman–Crippen MR) is 73.1 cm³/mol. The van der Waals surface area contributed by atoms with E-state index in [2.05, 4.69) is 15.2 Å². The number of fused-ring (bicyclic) bond motifs is 2. The molecule has 1 aliphatic rings. The van der Waals surface area contributed by atoms with Gasteiger partial charge in [-0.2, -0.15) is 0 Å². The molecule has 112 valence electrons. The quantitative estimate of drug-likeness (QED) is 0.634. The van der Waals surface area contributed by atoms with Crippen LogP contribution in [0.15, 0.2) is 43.0 Å². The first kappa shape index (κ1) is 13.1. The van der Waals surface area contributed by atoms with Crippen molar-refractivity contribution >= 4 is 23.4 Å². The zero-order valence-electron chi connectivity index (χ0n) is 11.4. The van der Waals surface area contributed by atoms with Crippen molar-refractivity contribution in [2.45, 2.75) is 0 Å². The third-order valence-electron chi connectivity index (χ3n) is 3.32. The normalized spacial score (nSPS) is 13.5. The summed E-state index contributed by atoms with van der Waals surface area (Å²) in [5.74, 6) is -2.32. The lowest BCUT2D eigenvalue weighted by atomic mass is 10.1. The lowest BCUT2D eigenvalue weighted by molar-refractivity contribution is -0.0588. The van der Waals surface area contributed by atoms with Gasteiger partial charge in [0.05, 0.1) is 17.3 Å². The van der Waals surface area contributed by atoms with Crippen LogP contribution in [-0.4, -0.2) is 42.4 Å². The van der Waals surface area contributed by atoms with Crippen molar-refractivity contribution in [2.24, 2.45) is 0 Å². The smallest absolute Gasteiger partial charge is 0.322 e. The van der Waals surface area contributed by atoms with Crippen molar-refractivity contribution < 1.29 is 19.2 Å². The molecule has 9 heteroatoms. The Labute approximate surface area is 128 Å². The third kappa shape index (κ3) is 1.94. The molecular formula is C14H7N5O4. The molecule has 0 N–H and O–H groups in total. The Morgan fingerprint density at radius 2 is 1.78 bits per heavy atom. The number of aromatic nitrogens is 4. The number of hydrogen-bond donors (Lipinski definition) is 0. The Balaban J connectivity index is 1.62. The maximum atomic E-state index is 12.1. The largest absolute Gasteiger partial charge is 0.383 e. The van der Waals surface area contributed by atoms with Gasteiger partial charge in [0.15, 0.2) is 11.3 Å². The van der Waals surface area contributed by atoms with Crippen LogP contribution < -0.4 is 0 Å². The summed E-state index contributed by atoms with van der Waals surface area (Å²) in [5.41, 5.74) is 0.733. The number of rotatable bonds is 2. The molecule has 23 heavy (non-hydrogen) atoms. The van der Waals surface area contributed by atoms with Crippen LogP contribution >= 0.6 is 0 Å². The van der Waals surface area contributed by atoms with E-state index in [1.807, 2.05) is 0 Å². The number of amides is 2. The lowest BCUT2D eigenvalue weighted by Crippen LogP contribution is -2.33. The fraction of sp³-hybridized carbons (Fsp3) is 0. The molecule has 9 nitrogen and oxygen atoms in total. The van der Waals surface area contributed by atoms with Crippen molar-refractivity contribution in [1.82, 2.24) is 24.6 Å². The molecule has 1 aliphatic heterocycles. The molecule has 0 fully saturated rings. The molecule has 0 bridgehead atoms. The molecular weight excluding hydrogens is 302 g/mol. The van der Waals surface area contributed by atoms with Gasteiger partial charge in [-0.05, 0) is 12.1 Å². The highest BCUT2D eigenvalue weighted by molar-refractivity contribution is 6.21. The van der Waals surface area contributed by atoms with Gasteiger partial charge in [-0.3, -0.25) is 14.0 Å². The fourth-order valence-electron chi connectivity index (χ4n) is 2.22. The van der Waals surface area contributed by atoms with Crippen LogP contribution in [0, 0.1) is 0 Å². The van der Waals surface area contributed by atoms with Crippen molar-refractivity contribution in [3.8, 4) is 0 Å². The Morgan fingerprint density at radius 1 is 1.09 bits per heavy atom. The Hall–Kier alpha value is -3.62. The number of imide groups is 1. The summed E-state index contributed by atoms with van der Waals surface area (Å²) >= 11 is 0. The van der Waals surface area contributed by atoms with Gasteiger partial charge >= 0.3 is 5.97 Å². The highest BCUT2D eigenvalue weighted by Gasteiger charge is 2.39. The van der Waals surface area contributed by atoms with E-state index in [4.69, 9.17) is 4.84 Å². The predicted octanol–water partition coefficient (Wildman–Crippen LogP) is 0.492. The zero-order chi connectivity index (χ0) is 16.0. The summed E-state index contributed by atoms with van der Waals surface area (Å²) in [7, 11) is 0. The minimum absolute atomic E-state index is 0.0890. The second kappa shape index (κ2) is 4.70. The maximum Gasteiger partial charge on any atom is 0.383 e. The average molecular weight is 309 g/mol. The molecule has 0 aliphatic carbocycles. The molecule has 0 saturated carbocycles. The minimum atomic E-state index is -0.935. The molecule has 2 amide bonds. The SMILES string of the molecule is O=C(ON1C(=O)c2ccccc2C1=O)c1cn2cnnc2cn1. The topological polar surface area (TPSA) is 107 Å². The molecule has 0 radical (unpaired) electrons.